The summed E-state index contributed by atoms with van der Waals surface area (Å²) in [6, 6.07) is 13.7. The van der Waals surface area contributed by atoms with Crippen LogP contribution >= 0.6 is 11.6 Å². The SMILES string of the molecule is Cc1cc(=O)n(CC(=O)Nc2ccccc2Cl)c(-c2ccc(F)cc2)n1. The number of amides is 1. The van der Waals surface area contributed by atoms with Gasteiger partial charge < -0.3 is 5.32 Å². The number of anilines is 1. The summed E-state index contributed by atoms with van der Waals surface area (Å²) in [5.41, 5.74) is 1.14. The van der Waals surface area contributed by atoms with Gasteiger partial charge in [0.05, 0.1) is 10.7 Å². The van der Waals surface area contributed by atoms with Crippen LogP contribution in [-0.4, -0.2) is 15.5 Å². The predicted octanol–water partition coefficient (Wildman–Crippen LogP) is 3.65. The van der Waals surface area contributed by atoms with E-state index in [1.54, 1.807) is 31.2 Å². The summed E-state index contributed by atoms with van der Waals surface area (Å²) in [5.74, 6) is -0.523. The van der Waals surface area contributed by atoms with Gasteiger partial charge in [-0.3, -0.25) is 14.2 Å². The van der Waals surface area contributed by atoms with Crippen molar-refractivity contribution in [2.75, 3.05) is 5.32 Å². The van der Waals surface area contributed by atoms with Gasteiger partial charge in [0.1, 0.15) is 18.2 Å². The lowest BCUT2D eigenvalue weighted by Gasteiger charge is -2.13. The Morgan fingerprint density at radius 1 is 1.19 bits per heavy atom. The molecule has 3 aromatic rings. The summed E-state index contributed by atoms with van der Waals surface area (Å²) in [4.78, 5) is 29.1. The van der Waals surface area contributed by atoms with Gasteiger partial charge in [-0.1, -0.05) is 23.7 Å². The van der Waals surface area contributed by atoms with E-state index < -0.39 is 11.7 Å². The Hall–Kier alpha value is -2.99. The van der Waals surface area contributed by atoms with Crippen LogP contribution in [0.1, 0.15) is 5.69 Å². The van der Waals surface area contributed by atoms with Crippen LogP contribution in [0.2, 0.25) is 5.02 Å². The minimum Gasteiger partial charge on any atom is -0.323 e. The molecule has 7 heteroatoms. The lowest BCUT2D eigenvalue weighted by Crippen LogP contribution is -2.29. The van der Waals surface area contributed by atoms with Gasteiger partial charge in [0.15, 0.2) is 0 Å². The Bertz CT molecular complexity index is 1020. The van der Waals surface area contributed by atoms with Crippen LogP contribution in [-0.2, 0) is 11.3 Å². The first kappa shape index (κ1) is 17.8. The number of para-hydroxylation sites is 1. The van der Waals surface area contributed by atoms with Crippen LogP contribution in [0.4, 0.5) is 10.1 Å². The molecule has 0 bridgehead atoms. The second-order valence-corrected chi connectivity index (χ2v) is 6.09. The summed E-state index contributed by atoms with van der Waals surface area (Å²) in [7, 11) is 0. The highest BCUT2D eigenvalue weighted by Gasteiger charge is 2.14. The number of aryl methyl sites for hydroxylation is 1. The number of hydrogen-bond acceptors (Lipinski definition) is 3. The molecule has 3 rings (SSSR count). The van der Waals surface area contributed by atoms with Crippen molar-refractivity contribution in [3.63, 3.8) is 0 Å². The molecule has 0 fully saturated rings. The van der Waals surface area contributed by atoms with Crippen molar-refractivity contribution in [1.82, 2.24) is 9.55 Å². The Morgan fingerprint density at radius 2 is 1.88 bits per heavy atom. The molecule has 0 aliphatic carbocycles. The van der Waals surface area contributed by atoms with Gasteiger partial charge >= 0.3 is 0 Å². The van der Waals surface area contributed by atoms with Crippen molar-refractivity contribution in [1.29, 1.82) is 0 Å². The van der Waals surface area contributed by atoms with Crippen molar-refractivity contribution in [3.05, 3.63) is 81.5 Å². The van der Waals surface area contributed by atoms with Crippen LogP contribution in [0.15, 0.2) is 59.4 Å². The number of halogens is 2. The molecule has 0 aliphatic heterocycles. The first-order valence-electron chi connectivity index (χ1n) is 7.83. The Morgan fingerprint density at radius 3 is 2.58 bits per heavy atom. The van der Waals surface area contributed by atoms with Gasteiger partial charge in [0.25, 0.3) is 5.56 Å². The minimum atomic E-state index is -0.422. The molecule has 0 aliphatic rings. The number of benzene rings is 2. The second-order valence-electron chi connectivity index (χ2n) is 5.68. The first-order chi connectivity index (χ1) is 12.4. The zero-order valence-corrected chi connectivity index (χ0v) is 14.6. The van der Waals surface area contributed by atoms with Crippen LogP contribution in [0.25, 0.3) is 11.4 Å². The third-order valence-corrected chi connectivity index (χ3v) is 4.02. The summed E-state index contributed by atoms with van der Waals surface area (Å²) in [6.45, 7) is 1.44. The monoisotopic (exact) mass is 371 g/mol. The third-order valence-electron chi connectivity index (χ3n) is 3.69. The quantitative estimate of drug-likeness (QED) is 0.761. The van der Waals surface area contributed by atoms with Gasteiger partial charge in [-0.15, -0.1) is 0 Å². The highest BCUT2D eigenvalue weighted by Crippen LogP contribution is 2.21. The molecule has 0 saturated heterocycles. The topological polar surface area (TPSA) is 64.0 Å². The fourth-order valence-corrected chi connectivity index (χ4v) is 2.67. The zero-order valence-electron chi connectivity index (χ0n) is 13.9. The van der Waals surface area contributed by atoms with Gasteiger partial charge in [-0.2, -0.15) is 0 Å². The number of nitrogens with zero attached hydrogens (tertiary/aromatic N) is 2. The van der Waals surface area contributed by atoms with Crippen LogP contribution in [0.5, 0.6) is 0 Å². The highest BCUT2D eigenvalue weighted by atomic mass is 35.5. The fourth-order valence-electron chi connectivity index (χ4n) is 2.49. The van der Waals surface area contributed by atoms with Crippen molar-refractivity contribution < 1.29 is 9.18 Å². The van der Waals surface area contributed by atoms with Crippen molar-refractivity contribution in [3.8, 4) is 11.4 Å². The molecule has 132 valence electrons. The van der Waals surface area contributed by atoms with E-state index in [-0.39, 0.29) is 12.1 Å². The molecule has 1 amide bonds. The second kappa shape index (κ2) is 7.49. The fraction of sp³-hybridized carbons (Fsp3) is 0.105. The molecule has 26 heavy (non-hydrogen) atoms. The van der Waals surface area contributed by atoms with E-state index in [0.717, 1.165) is 0 Å². The van der Waals surface area contributed by atoms with E-state index in [4.69, 9.17) is 11.6 Å². The molecule has 0 radical (unpaired) electrons. The number of carbonyl (C=O) groups is 1. The lowest BCUT2D eigenvalue weighted by molar-refractivity contribution is -0.116. The molecule has 0 unspecified atom stereocenters. The van der Waals surface area contributed by atoms with Crippen LogP contribution < -0.4 is 10.9 Å². The van der Waals surface area contributed by atoms with Gasteiger partial charge in [0, 0.05) is 17.3 Å². The normalized spacial score (nSPS) is 10.6. The summed E-state index contributed by atoms with van der Waals surface area (Å²) in [5, 5.41) is 3.07. The molecule has 0 spiro atoms. The smallest absolute Gasteiger partial charge is 0.254 e. The van der Waals surface area contributed by atoms with Gasteiger partial charge in [0.2, 0.25) is 5.91 Å². The summed E-state index contributed by atoms with van der Waals surface area (Å²) >= 11 is 6.03. The number of rotatable bonds is 4. The lowest BCUT2D eigenvalue weighted by atomic mass is 10.2. The molecule has 1 N–H and O–H groups in total. The number of hydrogen-bond donors (Lipinski definition) is 1. The molecule has 2 aromatic carbocycles. The standard InChI is InChI=1S/C19H15ClFN3O2/c1-12-10-18(26)24(19(22-12)13-6-8-14(21)9-7-13)11-17(25)23-16-5-3-2-4-15(16)20/h2-10H,11H2,1H3,(H,23,25). The van der Waals surface area contributed by atoms with E-state index in [1.165, 1.54) is 34.9 Å². The molecule has 0 atom stereocenters. The largest absolute Gasteiger partial charge is 0.323 e. The average molecular weight is 372 g/mol. The van der Waals surface area contributed by atoms with E-state index in [1.807, 2.05) is 0 Å². The maximum absolute atomic E-state index is 13.2. The first-order valence-corrected chi connectivity index (χ1v) is 8.20. The van der Waals surface area contributed by atoms with Gasteiger partial charge in [-0.25, -0.2) is 9.37 Å². The van der Waals surface area contributed by atoms with Gasteiger partial charge in [-0.05, 0) is 43.3 Å². The number of nitrogens with one attached hydrogen (secondary N) is 1. The third kappa shape index (κ3) is 3.97. The molecule has 5 nitrogen and oxygen atoms in total. The number of carbonyl (C=O) groups excluding carboxylic acids is 1. The number of aromatic nitrogens is 2. The molecule has 1 aromatic heterocycles. The average Bonchev–Trinajstić information content (AvgIpc) is 2.60. The highest BCUT2D eigenvalue weighted by molar-refractivity contribution is 6.33. The van der Waals surface area contributed by atoms with E-state index in [2.05, 4.69) is 10.3 Å². The minimum absolute atomic E-state index is 0.246. The van der Waals surface area contributed by atoms with Crippen molar-refractivity contribution in [2.24, 2.45) is 0 Å². The molecular weight excluding hydrogens is 357 g/mol. The van der Waals surface area contributed by atoms with Crippen LogP contribution in [0, 0.1) is 12.7 Å². The van der Waals surface area contributed by atoms with E-state index in [9.17, 15) is 14.0 Å². The van der Waals surface area contributed by atoms with Crippen LogP contribution in [0.3, 0.4) is 0 Å². The maximum Gasteiger partial charge on any atom is 0.254 e. The van der Waals surface area contributed by atoms with E-state index >= 15 is 0 Å². The Kier molecular flexibility index (Phi) is 5.14. The Labute approximate surface area is 154 Å². The maximum atomic E-state index is 13.2. The molecule has 1 heterocycles. The molecular formula is C19H15ClFN3O2. The molecule has 0 saturated carbocycles. The summed E-state index contributed by atoms with van der Waals surface area (Å²) < 4.78 is 14.4. The van der Waals surface area contributed by atoms with Crippen molar-refractivity contribution in [2.45, 2.75) is 13.5 Å². The zero-order chi connectivity index (χ0) is 18.7. The summed E-state index contributed by atoms with van der Waals surface area (Å²) in [6.07, 6.45) is 0. The van der Waals surface area contributed by atoms with E-state index in [0.29, 0.717) is 27.8 Å². The Balaban J connectivity index is 1.94. The van der Waals surface area contributed by atoms with Crippen molar-refractivity contribution >= 4 is 23.2 Å². The predicted molar refractivity (Wildman–Crippen MR) is 98.7 cm³/mol.